The minimum Gasteiger partial charge on any atom is -0.398 e. The third kappa shape index (κ3) is 4.45. The van der Waals surface area contributed by atoms with E-state index in [0.29, 0.717) is 11.3 Å². The number of halogens is 1. The van der Waals surface area contributed by atoms with Crippen molar-refractivity contribution in [3.63, 3.8) is 0 Å². The lowest BCUT2D eigenvalue weighted by Crippen LogP contribution is -2.49. The first-order valence-corrected chi connectivity index (χ1v) is 8.33. The molecule has 116 valence electrons. The normalized spacial score (nSPS) is 16.5. The lowest BCUT2D eigenvalue weighted by atomic mass is 10.1. The van der Waals surface area contributed by atoms with E-state index in [1.807, 2.05) is 11.0 Å². The number of hydrogen-bond donors (Lipinski definition) is 1. The molecule has 5 heteroatoms. The number of nitrogens with two attached hydrogens (primary N) is 1. The quantitative estimate of drug-likeness (QED) is 0.846. The van der Waals surface area contributed by atoms with Crippen LogP contribution >= 0.6 is 15.9 Å². The summed E-state index contributed by atoms with van der Waals surface area (Å²) in [5, 5.41) is 0. The molecule has 1 aliphatic rings. The van der Waals surface area contributed by atoms with E-state index in [1.54, 1.807) is 12.1 Å². The maximum atomic E-state index is 12.5. The van der Waals surface area contributed by atoms with E-state index < -0.39 is 0 Å². The van der Waals surface area contributed by atoms with Gasteiger partial charge in [-0.15, -0.1) is 0 Å². The number of nitrogens with zero attached hydrogens (tertiary/aromatic N) is 2. The summed E-state index contributed by atoms with van der Waals surface area (Å²) in [4.78, 5) is 16.9. The van der Waals surface area contributed by atoms with Gasteiger partial charge in [-0.3, -0.25) is 9.69 Å². The number of nitrogen functional groups attached to an aromatic ring is 1. The van der Waals surface area contributed by atoms with Gasteiger partial charge in [-0.2, -0.15) is 0 Å². The highest BCUT2D eigenvalue weighted by Gasteiger charge is 2.22. The average molecular weight is 354 g/mol. The average Bonchev–Trinajstić information content (AvgIpc) is 2.48. The summed E-state index contributed by atoms with van der Waals surface area (Å²) >= 11 is 3.38. The summed E-state index contributed by atoms with van der Waals surface area (Å²) in [6.45, 7) is 9.17. The summed E-state index contributed by atoms with van der Waals surface area (Å²) < 4.78 is 0.781. The standard InChI is InChI=1S/C16H24BrN3O/c1-12(2)5-6-19-7-9-20(10-8-19)16(21)13-3-4-15(18)14(17)11-13/h3-4,11-12H,5-10,18H2,1-2H3. The summed E-state index contributed by atoms with van der Waals surface area (Å²) in [5.41, 5.74) is 7.12. The maximum absolute atomic E-state index is 12.5. The molecular formula is C16H24BrN3O. The van der Waals surface area contributed by atoms with E-state index in [0.717, 1.165) is 43.1 Å². The SMILES string of the molecule is CC(C)CCN1CCN(C(=O)c2ccc(N)c(Br)c2)CC1. The van der Waals surface area contributed by atoms with Gasteiger partial charge in [0.2, 0.25) is 0 Å². The Morgan fingerprint density at radius 3 is 2.52 bits per heavy atom. The molecule has 0 aliphatic carbocycles. The Balaban J connectivity index is 1.89. The Kier molecular flexibility index (Phi) is 5.65. The zero-order chi connectivity index (χ0) is 15.4. The molecule has 0 bridgehead atoms. The highest BCUT2D eigenvalue weighted by Crippen LogP contribution is 2.21. The number of piperazine rings is 1. The molecule has 0 saturated carbocycles. The molecule has 4 nitrogen and oxygen atoms in total. The molecule has 1 aromatic carbocycles. The molecule has 0 aromatic heterocycles. The molecule has 1 saturated heterocycles. The molecule has 0 radical (unpaired) electrons. The van der Waals surface area contributed by atoms with Crippen LogP contribution in [-0.2, 0) is 0 Å². The molecule has 2 N–H and O–H groups in total. The molecule has 2 rings (SSSR count). The van der Waals surface area contributed by atoms with E-state index in [9.17, 15) is 4.79 Å². The fourth-order valence-corrected chi connectivity index (χ4v) is 2.84. The number of hydrogen-bond acceptors (Lipinski definition) is 3. The fraction of sp³-hybridized carbons (Fsp3) is 0.562. The van der Waals surface area contributed by atoms with Gasteiger partial charge in [0.1, 0.15) is 0 Å². The number of carbonyl (C=O) groups excluding carboxylic acids is 1. The summed E-state index contributed by atoms with van der Waals surface area (Å²) in [5.74, 6) is 0.830. The van der Waals surface area contributed by atoms with E-state index >= 15 is 0 Å². The second-order valence-electron chi connectivity index (χ2n) is 6.05. The van der Waals surface area contributed by atoms with Crippen LogP contribution in [0.1, 0.15) is 30.6 Å². The number of rotatable bonds is 4. The fourth-order valence-electron chi connectivity index (χ4n) is 2.46. The predicted molar refractivity (Wildman–Crippen MR) is 90.4 cm³/mol. The largest absolute Gasteiger partial charge is 0.398 e. The van der Waals surface area contributed by atoms with Gasteiger partial charge in [0.05, 0.1) is 0 Å². The minimum absolute atomic E-state index is 0.0965. The monoisotopic (exact) mass is 353 g/mol. The van der Waals surface area contributed by atoms with Crippen molar-refractivity contribution in [1.82, 2.24) is 9.80 Å². The van der Waals surface area contributed by atoms with Crippen molar-refractivity contribution in [3.8, 4) is 0 Å². The summed E-state index contributed by atoms with van der Waals surface area (Å²) in [6, 6.07) is 5.38. The first kappa shape index (κ1) is 16.3. The van der Waals surface area contributed by atoms with Crippen LogP contribution in [-0.4, -0.2) is 48.4 Å². The first-order chi connectivity index (χ1) is 9.97. The molecule has 21 heavy (non-hydrogen) atoms. The van der Waals surface area contributed by atoms with Crippen molar-refractivity contribution in [2.45, 2.75) is 20.3 Å². The molecule has 0 atom stereocenters. The highest BCUT2D eigenvalue weighted by atomic mass is 79.9. The minimum atomic E-state index is 0.0965. The van der Waals surface area contributed by atoms with Crippen molar-refractivity contribution in [3.05, 3.63) is 28.2 Å². The van der Waals surface area contributed by atoms with Crippen molar-refractivity contribution < 1.29 is 4.79 Å². The van der Waals surface area contributed by atoms with Crippen molar-refractivity contribution in [2.24, 2.45) is 5.92 Å². The van der Waals surface area contributed by atoms with Gasteiger partial charge in [-0.1, -0.05) is 13.8 Å². The third-order valence-electron chi connectivity index (χ3n) is 3.93. The van der Waals surface area contributed by atoms with E-state index in [2.05, 4.69) is 34.7 Å². The van der Waals surface area contributed by atoms with Gasteiger partial charge in [0.25, 0.3) is 5.91 Å². The Hall–Kier alpha value is -1.07. The molecule has 0 unspecified atom stereocenters. The predicted octanol–water partition coefficient (Wildman–Crippen LogP) is 2.84. The van der Waals surface area contributed by atoms with Gasteiger partial charge < -0.3 is 10.6 Å². The third-order valence-corrected chi connectivity index (χ3v) is 4.62. The highest BCUT2D eigenvalue weighted by molar-refractivity contribution is 9.10. The van der Waals surface area contributed by atoms with Gasteiger partial charge in [0.15, 0.2) is 0 Å². The van der Waals surface area contributed by atoms with Crippen LogP contribution in [0.4, 0.5) is 5.69 Å². The van der Waals surface area contributed by atoms with Crippen LogP contribution < -0.4 is 5.73 Å². The lowest BCUT2D eigenvalue weighted by Gasteiger charge is -2.35. The van der Waals surface area contributed by atoms with Crippen molar-refractivity contribution >= 4 is 27.5 Å². The Bertz CT molecular complexity index is 496. The zero-order valence-corrected chi connectivity index (χ0v) is 14.4. The van der Waals surface area contributed by atoms with Crippen LogP contribution in [0.25, 0.3) is 0 Å². The molecule has 0 spiro atoms. The number of benzene rings is 1. The second-order valence-corrected chi connectivity index (χ2v) is 6.91. The van der Waals surface area contributed by atoms with Gasteiger partial charge in [-0.05, 0) is 53.0 Å². The van der Waals surface area contributed by atoms with Gasteiger partial charge in [-0.25, -0.2) is 0 Å². The molecule has 1 fully saturated rings. The smallest absolute Gasteiger partial charge is 0.253 e. The molecule has 1 aliphatic heterocycles. The zero-order valence-electron chi connectivity index (χ0n) is 12.8. The van der Waals surface area contributed by atoms with Gasteiger partial charge >= 0.3 is 0 Å². The molecular weight excluding hydrogens is 330 g/mol. The summed E-state index contributed by atoms with van der Waals surface area (Å²) in [7, 11) is 0. The number of anilines is 1. The van der Waals surface area contributed by atoms with E-state index in [1.165, 1.54) is 6.42 Å². The topological polar surface area (TPSA) is 49.6 Å². The molecule has 1 heterocycles. The van der Waals surface area contributed by atoms with Crippen LogP contribution in [0.3, 0.4) is 0 Å². The summed E-state index contributed by atoms with van der Waals surface area (Å²) in [6.07, 6.45) is 1.22. The first-order valence-electron chi connectivity index (χ1n) is 7.54. The van der Waals surface area contributed by atoms with Crippen LogP contribution in [0.2, 0.25) is 0 Å². The van der Waals surface area contributed by atoms with Crippen molar-refractivity contribution in [2.75, 3.05) is 38.5 Å². The maximum Gasteiger partial charge on any atom is 0.253 e. The molecule has 1 aromatic rings. The number of carbonyl (C=O) groups is 1. The Morgan fingerprint density at radius 1 is 1.29 bits per heavy atom. The van der Waals surface area contributed by atoms with Crippen LogP contribution in [0.15, 0.2) is 22.7 Å². The van der Waals surface area contributed by atoms with E-state index in [-0.39, 0.29) is 5.91 Å². The van der Waals surface area contributed by atoms with E-state index in [4.69, 9.17) is 5.73 Å². The lowest BCUT2D eigenvalue weighted by molar-refractivity contribution is 0.0632. The van der Waals surface area contributed by atoms with Crippen LogP contribution in [0.5, 0.6) is 0 Å². The second kappa shape index (κ2) is 7.27. The number of amides is 1. The van der Waals surface area contributed by atoms with Crippen molar-refractivity contribution in [1.29, 1.82) is 0 Å². The van der Waals surface area contributed by atoms with Crippen LogP contribution in [0, 0.1) is 5.92 Å². The van der Waals surface area contributed by atoms with Gasteiger partial charge in [0, 0.05) is 41.9 Å². The Labute approximate surface area is 135 Å². The molecule has 1 amide bonds. The Morgan fingerprint density at radius 2 is 1.95 bits per heavy atom.